The first-order valence-corrected chi connectivity index (χ1v) is 5.60. The molecule has 2 heterocycles. The molecular formula is C14H10O5. The summed E-state index contributed by atoms with van der Waals surface area (Å²) in [7, 11) is 0. The molecule has 3 aromatic rings. The number of benzene rings is 1. The Morgan fingerprint density at radius 1 is 1.11 bits per heavy atom. The summed E-state index contributed by atoms with van der Waals surface area (Å²) in [4.78, 5) is 11.9. The molecular weight excluding hydrogens is 248 g/mol. The van der Waals surface area contributed by atoms with E-state index in [0.29, 0.717) is 22.1 Å². The third kappa shape index (κ3) is 1.76. The average molecular weight is 258 g/mol. The highest BCUT2D eigenvalue weighted by Gasteiger charge is 2.12. The van der Waals surface area contributed by atoms with Crippen molar-refractivity contribution in [2.24, 2.45) is 0 Å². The van der Waals surface area contributed by atoms with Gasteiger partial charge in [0.1, 0.15) is 16.7 Å². The zero-order valence-electron chi connectivity index (χ0n) is 10.0. The molecule has 0 unspecified atom stereocenters. The van der Waals surface area contributed by atoms with Crippen LogP contribution >= 0.6 is 0 Å². The Kier molecular flexibility index (Phi) is 2.35. The van der Waals surface area contributed by atoms with Crippen LogP contribution in [0.2, 0.25) is 0 Å². The van der Waals surface area contributed by atoms with Gasteiger partial charge in [0.05, 0.1) is 6.26 Å². The van der Waals surface area contributed by atoms with E-state index in [1.807, 2.05) is 0 Å². The lowest BCUT2D eigenvalue weighted by molar-refractivity contribution is 0.403. The minimum Gasteiger partial charge on any atom is -0.504 e. The van der Waals surface area contributed by atoms with Crippen LogP contribution in [-0.4, -0.2) is 10.2 Å². The number of aromatic hydroxyl groups is 2. The summed E-state index contributed by atoms with van der Waals surface area (Å²) >= 11 is 0. The van der Waals surface area contributed by atoms with Gasteiger partial charge in [0.25, 0.3) is 0 Å². The summed E-state index contributed by atoms with van der Waals surface area (Å²) in [5.41, 5.74) is 1.12. The molecule has 0 aliphatic heterocycles. The number of hydrogen-bond donors (Lipinski definition) is 2. The van der Waals surface area contributed by atoms with E-state index < -0.39 is 5.63 Å². The Morgan fingerprint density at radius 2 is 1.89 bits per heavy atom. The maximum Gasteiger partial charge on any atom is 0.347 e. The number of rotatable bonds is 1. The number of furan rings is 1. The van der Waals surface area contributed by atoms with Gasteiger partial charge in [0.15, 0.2) is 11.5 Å². The van der Waals surface area contributed by atoms with Crippen molar-refractivity contribution in [3.05, 3.63) is 46.5 Å². The van der Waals surface area contributed by atoms with Crippen molar-refractivity contribution in [3.8, 4) is 22.8 Å². The van der Waals surface area contributed by atoms with Crippen LogP contribution in [0, 0.1) is 6.92 Å². The maximum atomic E-state index is 11.9. The first kappa shape index (κ1) is 11.4. The summed E-state index contributed by atoms with van der Waals surface area (Å²) in [5.74, 6) is -0.251. The zero-order chi connectivity index (χ0) is 13.6. The van der Waals surface area contributed by atoms with Crippen molar-refractivity contribution in [3.63, 3.8) is 0 Å². The van der Waals surface area contributed by atoms with Crippen LogP contribution in [0.1, 0.15) is 5.56 Å². The Balaban J connectivity index is 2.25. The molecule has 0 radical (unpaired) electrons. The fraction of sp³-hybridized carbons (Fsp3) is 0.0714. The highest BCUT2D eigenvalue weighted by molar-refractivity contribution is 5.82. The summed E-state index contributed by atoms with van der Waals surface area (Å²) in [6.45, 7) is 1.76. The van der Waals surface area contributed by atoms with Crippen molar-refractivity contribution in [2.75, 3.05) is 0 Å². The molecule has 0 bridgehead atoms. The fourth-order valence-corrected chi connectivity index (χ4v) is 1.95. The molecule has 0 aliphatic rings. The minimum atomic E-state index is -0.494. The summed E-state index contributed by atoms with van der Waals surface area (Å²) in [6, 6.07) is 5.75. The molecule has 0 spiro atoms. The highest BCUT2D eigenvalue weighted by atomic mass is 16.4. The third-order valence-corrected chi connectivity index (χ3v) is 2.93. The van der Waals surface area contributed by atoms with Gasteiger partial charge in [-0.15, -0.1) is 0 Å². The van der Waals surface area contributed by atoms with Crippen LogP contribution in [0.25, 0.3) is 22.3 Å². The molecule has 0 aliphatic carbocycles. The quantitative estimate of drug-likeness (QED) is 0.655. The molecule has 2 N–H and O–H groups in total. The van der Waals surface area contributed by atoms with Gasteiger partial charge in [0.2, 0.25) is 0 Å². The van der Waals surface area contributed by atoms with Gasteiger partial charge in [0, 0.05) is 17.2 Å². The number of phenolic OH excluding ortho intramolecular Hbond substituents is 2. The third-order valence-electron chi connectivity index (χ3n) is 2.93. The second kappa shape index (κ2) is 3.91. The Morgan fingerprint density at radius 3 is 2.63 bits per heavy atom. The molecule has 2 aromatic heterocycles. The van der Waals surface area contributed by atoms with Gasteiger partial charge in [-0.2, -0.15) is 0 Å². The van der Waals surface area contributed by atoms with E-state index in [-0.39, 0.29) is 17.3 Å². The topological polar surface area (TPSA) is 83.8 Å². The van der Waals surface area contributed by atoms with E-state index >= 15 is 0 Å². The number of phenols is 2. The van der Waals surface area contributed by atoms with Gasteiger partial charge in [-0.1, -0.05) is 0 Å². The smallest absolute Gasteiger partial charge is 0.347 e. The second-order valence-corrected chi connectivity index (χ2v) is 4.26. The van der Waals surface area contributed by atoms with Crippen molar-refractivity contribution in [1.29, 1.82) is 0 Å². The van der Waals surface area contributed by atoms with E-state index in [4.69, 9.17) is 8.83 Å². The summed E-state index contributed by atoms with van der Waals surface area (Å²) in [5, 5.41) is 19.1. The lowest BCUT2D eigenvalue weighted by atomic mass is 10.1. The van der Waals surface area contributed by atoms with E-state index in [1.165, 1.54) is 24.5 Å². The van der Waals surface area contributed by atoms with Crippen LogP contribution in [-0.2, 0) is 0 Å². The lowest BCUT2D eigenvalue weighted by Crippen LogP contribution is -1.99. The van der Waals surface area contributed by atoms with Crippen LogP contribution in [0.4, 0.5) is 0 Å². The lowest BCUT2D eigenvalue weighted by Gasteiger charge is -2.02. The molecule has 5 nitrogen and oxygen atoms in total. The molecule has 3 rings (SSSR count). The van der Waals surface area contributed by atoms with Gasteiger partial charge in [-0.25, -0.2) is 4.79 Å². The Labute approximate surface area is 107 Å². The number of hydrogen-bond acceptors (Lipinski definition) is 5. The summed E-state index contributed by atoms with van der Waals surface area (Å²) in [6.07, 6.45) is 1.49. The van der Waals surface area contributed by atoms with E-state index in [1.54, 1.807) is 13.0 Å². The van der Waals surface area contributed by atoms with Crippen LogP contribution < -0.4 is 5.63 Å². The fourth-order valence-electron chi connectivity index (χ4n) is 1.95. The van der Waals surface area contributed by atoms with Crippen molar-refractivity contribution in [2.45, 2.75) is 6.92 Å². The van der Waals surface area contributed by atoms with E-state index in [9.17, 15) is 15.0 Å². The first-order chi connectivity index (χ1) is 9.06. The van der Waals surface area contributed by atoms with Crippen molar-refractivity contribution < 1.29 is 19.0 Å². The number of aryl methyl sites for hydroxylation is 1. The molecule has 19 heavy (non-hydrogen) atoms. The normalized spacial score (nSPS) is 11.0. The zero-order valence-corrected chi connectivity index (χ0v) is 10.0. The number of fused-ring (bicyclic) bond motifs is 1. The molecule has 0 atom stereocenters. The van der Waals surface area contributed by atoms with Crippen LogP contribution in [0.5, 0.6) is 11.5 Å². The monoisotopic (exact) mass is 258 g/mol. The predicted molar refractivity (Wildman–Crippen MR) is 68.3 cm³/mol. The van der Waals surface area contributed by atoms with Crippen LogP contribution in [0.3, 0.4) is 0 Å². The average Bonchev–Trinajstić information content (AvgIpc) is 2.75. The summed E-state index contributed by atoms with van der Waals surface area (Å²) < 4.78 is 10.5. The standard InChI is InChI=1S/C14H10O5/c1-7-6-18-12-5-11(19-14(17)13(7)12)8-2-3-9(15)10(16)4-8/h2-6,15-16H,1H3. The molecule has 0 amide bonds. The molecule has 0 saturated heterocycles. The molecule has 0 fully saturated rings. The first-order valence-electron chi connectivity index (χ1n) is 5.60. The highest BCUT2D eigenvalue weighted by Crippen LogP contribution is 2.31. The van der Waals surface area contributed by atoms with Gasteiger partial charge in [-0.05, 0) is 25.1 Å². The van der Waals surface area contributed by atoms with Crippen molar-refractivity contribution in [1.82, 2.24) is 0 Å². The van der Waals surface area contributed by atoms with Gasteiger partial charge in [-0.3, -0.25) is 0 Å². The largest absolute Gasteiger partial charge is 0.504 e. The molecule has 5 heteroatoms. The predicted octanol–water partition coefficient (Wildman–Crippen LogP) is 2.77. The second-order valence-electron chi connectivity index (χ2n) is 4.26. The SMILES string of the molecule is Cc1coc2cc(-c3ccc(O)c(O)c3)oc(=O)c12. The molecule has 1 aromatic carbocycles. The molecule has 0 saturated carbocycles. The minimum absolute atomic E-state index is 0.235. The Bertz CT molecular complexity index is 825. The van der Waals surface area contributed by atoms with Gasteiger partial charge >= 0.3 is 5.63 Å². The van der Waals surface area contributed by atoms with E-state index in [0.717, 1.165) is 0 Å². The molecule has 96 valence electrons. The van der Waals surface area contributed by atoms with E-state index in [2.05, 4.69) is 0 Å². The van der Waals surface area contributed by atoms with Gasteiger partial charge < -0.3 is 19.0 Å². The maximum absolute atomic E-state index is 11.9. The van der Waals surface area contributed by atoms with Crippen LogP contribution in [0.15, 0.2) is 44.2 Å². The Hall–Kier alpha value is -2.69. The van der Waals surface area contributed by atoms with Crippen molar-refractivity contribution >= 4 is 11.0 Å².